The molecule has 0 aromatic carbocycles. The second kappa shape index (κ2) is 2.72. The Morgan fingerprint density at radius 1 is 1.70 bits per heavy atom. The summed E-state index contributed by atoms with van der Waals surface area (Å²) in [6, 6.07) is 2.10. The summed E-state index contributed by atoms with van der Waals surface area (Å²) in [4.78, 5) is 0. The summed E-state index contributed by atoms with van der Waals surface area (Å²) in [7, 11) is 0. The predicted molar refractivity (Wildman–Crippen MR) is 41.1 cm³/mol. The van der Waals surface area contributed by atoms with E-state index in [1.54, 1.807) is 11.3 Å². The SMILES string of the molecule is [c]1sccc1C1CCCO1. The molecule has 1 fully saturated rings. The van der Waals surface area contributed by atoms with Crippen LogP contribution in [0.2, 0.25) is 0 Å². The van der Waals surface area contributed by atoms with Crippen molar-refractivity contribution in [3.8, 4) is 0 Å². The minimum absolute atomic E-state index is 0.353. The van der Waals surface area contributed by atoms with Crippen LogP contribution in [0.15, 0.2) is 11.4 Å². The van der Waals surface area contributed by atoms with Crippen molar-refractivity contribution in [2.24, 2.45) is 0 Å². The van der Waals surface area contributed by atoms with Crippen molar-refractivity contribution in [3.63, 3.8) is 0 Å². The maximum Gasteiger partial charge on any atom is 0.0840 e. The van der Waals surface area contributed by atoms with E-state index in [2.05, 4.69) is 16.8 Å². The first-order chi connectivity index (χ1) is 4.97. The van der Waals surface area contributed by atoms with Crippen LogP contribution in [0.1, 0.15) is 24.5 Å². The van der Waals surface area contributed by atoms with Crippen molar-refractivity contribution in [2.45, 2.75) is 18.9 Å². The molecule has 1 aliphatic heterocycles. The molecule has 53 valence electrons. The Bertz CT molecular complexity index is 187. The van der Waals surface area contributed by atoms with Gasteiger partial charge in [-0.1, -0.05) is 0 Å². The monoisotopic (exact) mass is 153 g/mol. The minimum atomic E-state index is 0.353. The number of rotatable bonds is 1. The molecule has 0 N–H and O–H groups in total. The van der Waals surface area contributed by atoms with Gasteiger partial charge in [0.05, 0.1) is 11.5 Å². The van der Waals surface area contributed by atoms with E-state index in [0.29, 0.717) is 6.10 Å². The second-order valence-electron chi connectivity index (χ2n) is 2.48. The molecule has 1 saturated heterocycles. The highest BCUT2D eigenvalue weighted by Gasteiger charge is 2.17. The van der Waals surface area contributed by atoms with E-state index in [1.807, 2.05) is 0 Å². The fourth-order valence-electron chi connectivity index (χ4n) is 1.24. The normalized spacial score (nSPS) is 25.4. The van der Waals surface area contributed by atoms with Gasteiger partial charge in [0.2, 0.25) is 0 Å². The molecule has 1 aromatic rings. The van der Waals surface area contributed by atoms with Crippen LogP contribution in [0.5, 0.6) is 0 Å². The van der Waals surface area contributed by atoms with E-state index in [9.17, 15) is 0 Å². The van der Waals surface area contributed by atoms with Crippen LogP contribution in [-0.4, -0.2) is 6.61 Å². The van der Waals surface area contributed by atoms with Gasteiger partial charge in [0.25, 0.3) is 0 Å². The van der Waals surface area contributed by atoms with E-state index in [1.165, 1.54) is 18.4 Å². The van der Waals surface area contributed by atoms with Crippen LogP contribution in [0.25, 0.3) is 0 Å². The average Bonchev–Trinajstić information content (AvgIpc) is 2.59. The van der Waals surface area contributed by atoms with E-state index >= 15 is 0 Å². The fraction of sp³-hybridized carbons (Fsp3) is 0.500. The van der Waals surface area contributed by atoms with Crippen LogP contribution in [0.3, 0.4) is 0 Å². The lowest BCUT2D eigenvalue weighted by molar-refractivity contribution is 0.112. The topological polar surface area (TPSA) is 9.23 Å². The van der Waals surface area contributed by atoms with E-state index < -0.39 is 0 Å². The third-order valence-electron chi connectivity index (χ3n) is 1.77. The van der Waals surface area contributed by atoms with Crippen molar-refractivity contribution >= 4 is 11.3 Å². The highest BCUT2D eigenvalue weighted by Crippen LogP contribution is 2.28. The Labute approximate surface area is 64.6 Å². The lowest BCUT2D eigenvalue weighted by atomic mass is 10.1. The summed E-state index contributed by atoms with van der Waals surface area (Å²) in [5.41, 5.74) is 1.24. The summed E-state index contributed by atoms with van der Waals surface area (Å²) in [6.45, 7) is 0.925. The third-order valence-corrected chi connectivity index (χ3v) is 2.39. The van der Waals surface area contributed by atoms with Gasteiger partial charge in [0.1, 0.15) is 0 Å². The van der Waals surface area contributed by atoms with Gasteiger partial charge in [0.15, 0.2) is 0 Å². The fourth-order valence-corrected chi connectivity index (χ4v) is 1.86. The van der Waals surface area contributed by atoms with Gasteiger partial charge >= 0.3 is 0 Å². The summed E-state index contributed by atoms with van der Waals surface area (Å²) in [5.74, 6) is 0. The summed E-state index contributed by atoms with van der Waals surface area (Å²) in [5, 5.41) is 5.25. The molecular formula is C8H9OS. The predicted octanol–water partition coefficient (Wildman–Crippen LogP) is 2.40. The molecule has 1 nitrogen and oxygen atoms in total. The molecular weight excluding hydrogens is 144 g/mol. The van der Waals surface area contributed by atoms with Crippen LogP contribution in [0, 0.1) is 5.38 Å². The van der Waals surface area contributed by atoms with Gasteiger partial charge in [-0.05, 0) is 24.3 Å². The minimum Gasteiger partial charge on any atom is -0.373 e. The van der Waals surface area contributed by atoms with Crippen molar-refractivity contribution in [3.05, 3.63) is 22.4 Å². The van der Waals surface area contributed by atoms with E-state index in [-0.39, 0.29) is 0 Å². The maximum absolute atomic E-state index is 5.47. The molecule has 1 unspecified atom stereocenters. The van der Waals surface area contributed by atoms with Gasteiger partial charge < -0.3 is 4.74 Å². The lowest BCUT2D eigenvalue weighted by Gasteiger charge is -2.04. The highest BCUT2D eigenvalue weighted by atomic mass is 32.1. The Hall–Kier alpha value is -0.340. The zero-order valence-corrected chi connectivity index (χ0v) is 6.49. The molecule has 2 heterocycles. The molecule has 1 radical (unpaired) electrons. The van der Waals surface area contributed by atoms with Gasteiger partial charge in [0, 0.05) is 12.2 Å². The van der Waals surface area contributed by atoms with Gasteiger partial charge in [-0.2, -0.15) is 0 Å². The van der Waals surface area contributed by atoms with Gasteiger partial charge in [-0.25, -0.2) is 0 Å². The molecule has 1 atom stereocenters. The summed E-state index contributed by atoms with van der Waals surface area (Å²) < 4.78 is 5.47. The zero-order valence-electron chi connectivity index (χ0n) is 5.67. The Balaban J connectivity index is 2.12. The summed E-state index contributed by atoms with van der Waals surface area (Å²) in [6.07, 6.45) is 2.73. The van der Waals surface area contributed by atoms with Crippen LogP contribution in [-0.2, 0) is 4.74 Å². The average molecular weight is 153 g/mol. The van der Waals surface area contributed by atoms with Crippen LogP contribution >= 0.6 is 11.3 Å². The van der Waals surface area contributed by atoms with Crippen LogP contribution < -0.4 is 0 Å². The maximum atomic E-state index is 5.47. The molecule has 2 heteroatoms. The van der Waals surface area contributed by atoms with Crippen molar-refractivity contribution in [2.75, 3.05) is 6.61 Å². The molecule has 0 bridgehead atoms. The Morgan fingerprint density at radius 2 is 2.70 bits per heavy atom. The van der Waals surface area contributed by atoms with Crippen molar-refractivity contribution < 1.29 is 4.74 Å². The van der Waals surface area contributed by atoms with Gasteiger partial charge in [-0.15, -0.1) is 11.3 Å². The first-order valence-corrected chi connectivity index (χ1v) is 4.41. The molecule has 0 amide bonds. The third kappa shape index (κ3) is 1.09. The van der Waals surface area contributed by atoms with Crippen molar-refractivity contribution in [1.82, 2.24) is 0 Å². The Morgan fingerprint density at radius 3 is 3.30 bits per heavy atom. The molecule has 0 spiro atoms. The number of hydrogen-bond donors (Lipinski definition) is 0. The molecule has 10 heavy (non-hydrogen) atoms. The standard InChI is InChI=1S/C8H9OS/c1-2-8(9-4-1)7-3-5-10-6-7/h3,5,8H,1-2,4H2. The number of thiophene rings is 1. The molecule has 2 rings (SSSR count). The summed E-state index contributed by atoms with van der Waals surface area (Å²) >= 11 is 1.62. The highest BCUT2D eigenvalue weighted by molar-refractivity contribution is 7.07. The molecule has 1 aromatic heterocycles. The van der Waals surface area contributed by atoms with Gasteiger partial charge in [-0.3, -0.25) is 0 Å². The first-order valence-electron chi connectivity index (χ1n) is 3.53. The second-order valence-corrected chi connectivity index (χ2v) is 3.19. The van der Waals surface area contributed by atoms with E-state index in [4.69, 9.17) is 4.74 Å². The lowest BCUT2D eigenvalue weighted by Crippen LogP contribution is -1.92. The first kappa shape index (κ1) is 6.38. The largest absolute Gasteiger partial charge is 0.373 e. The number of ether oxygens (including phenoxy) is 1. The number of hydrogen-bond acceptors (Lipinski definition) is 2. The smallest absolute Gasteiger partial charge is 0.0840 e. The zero-order chi connectivity index (χ0) is 6.81. The molecule has 0 saturated carbocycles. The molecule has 0 aliphatic carbocycles. The quantitative estimate of drug-likeness (QED) is 0.602. The van der Waals surface area contributed by atoms with E-state index in [0.717, 1.165) is 6.61 Å². The van der Waals surface area contributed by atoms with Crippen LogP contribution in [0.4, 0.5) is 0 Å². The Kier molecular flexibility index (Phi) is 1.74. The van der Waals surface area contributed by atoms with Crippen molar-refractivity contribution in [1.29, 1.82) is 0 Å². The molecule has 1 aliphatic rings.